The van der Waals surface area contributed by atoms with E-state index in [-0.39, 0.29) is 6.10 Å². The average Bonchev–Trinajstić information content (AvgIpc) is 2.84. The fourth-order valence-corrected chi connectivity index (χ4v) is 3.45. The molecule has 1 aliphatic carbocycles. The maximum atomic E-state index is 9.38. The number of likely N-dealkylation sites (tertiary alicyclic amines) is 1. The highest BCUT2D eigenvalue weighted by molar-refractivity contribution is 4.76. The molecule has 1 aliphatic heterocycles. The fourth-order valence-electron chi connectivity index (χ4n) is 3.45. The Bertz CT molecular complexity index is 219. The molecule has 0 unspecified atom stereocenters. The maximum Gasteiger partial charge on any atom is 0.0639 e. The molecule has 106 valence electrons. The molecule has 1 atom stereocenters. The minimum atomic E-state index is -0.179. The zero-order chi connectivity index (χ0) is 12.8. The summed E-state index contributed by atoms with van der Waals surface area (Å²) >= 11 is 0. The second-order valence-electron chi connectivity index (χ2n) is 6.40. The van der Waals surface area contributed by atoms with Crippen molar-refractivity contribution < 1.29 is 5.11 Å². The molecule has 3 nitrogen and oxygen atoms in total. The summed E-state index contributed by atoms with van der Waals surface area (Å²) in [5.74, 6) is 1.82. The van der Waals surface area contributed by atoms with E-state index in [1.54, 1.807) is 0 Å². The van der Waals surface area contributed by atoms with Crippen molar-refractivity contribution in [3.63, 3.8) is 0 Å². The van der Waals surface area contributed by atoms with Crippen molar-refractivity contribution in [2.75, 3.05) is 32.7 Å². The number of rotatable bonds is 6. The van der Waals surface area contributed by atoms with Gasteiger partial charge in [-0.1, -0.05) is 12.8 Å². The molecule has 2 aliphatic rings. The van der Waals surface area contributed by atoms with E-state index in [0.29, 0.717) is 0 Å². The summed E-state index contributed by atoms with van der Waals surface area (Å²) in [6, 6.07) is 0. The monoisotopic (exact) mass is 254 g/mol. The molecular formula is C15H30N2O. The van der Waals surface area contributed by atoms with Crippen LogP contribution in [0.4, 0.5) is 0 Å². The first-order valence-corrected chi connectivity index (χ1v) is 7.85. The molecular weight excluding hydrogens is 224 g/mol. The zero-order valence-corrected chi connectivity index (χ0v) is 11.9. The molecule has 0 bridgehead atoms. The molecule has 18 heavy (non-hydrogen) atoms. The van der Waals surface area contributed by atoms with Crippen LogP contribution in [0.15, 0.2) is 0 Å². The van der Waals surface area contributed by atoms with Gasteiger partial charge in [0.25, 0.3) is 0 Å². The number of hydrogen-bond donors (Lipinski definition) is 2. The summed E-state index contributed by atoms with van der Waals surface area (Å²) in [5.41, 5.74) is 0. The van der Waals surface area contributed by atoms with Crippen molar-refractivity contribution in [2.24, 2.45) is 11.8 Å². The van der Waals surface area contributed by atoms with Crippen molar-refractivity contribution in [1.29, 1.82) is 0 Å². The number of β-amino-alcohol motifs (C(OH)–C–C–N with tert-alkyl or cyclic N) is 1. The van der Waals surface area contributed by atoms with Crippen LogP contribution in [-0.4, -0.2) is 48.8 Å². The molecule has 3 heteroatoms. The topological polar surface area (TPSA) is 35.5 Å². The van der Waals surface area contributed by atoms with Gasteiger partial charge in [-0.2, -0.15) is 0 Å². The van der Waals surface area contributed by atoms with E-state index in [0.717, 1.165) is 18.4 Å². The number of aliphatic hydroxyl groups excluding tert-OH is 1. The van der Waals surface area contributed by atoms with Crippen molar-refractivity contribution in [3.8, 4) is 0 Å². The SMILES string of the molecule is C[C@@H](O)CN1CCC(CNCC2CCCC2)CC1. The van der Waals surface area contributed by atoms with Crippen LogP contribution in [-0.2, 0) is 0 Å². The van der Waals surface area contributed by atoms with Crippen LogP contribution in [0.25, 0.3) is 0 Å². The Morgan fingerprint density at radius 3 is 2.17 bits per heavy atom. The minimum Gasteiger partial charge on any atom is -0.392 e. The number of aliphatic hydroxyl groups is 1. The highest BCUT2D eigenvalue weighted by atomic mass is 16.3. The summed E-state index contributed by atoms with van der Waals surface area (Å²) in [5, 5.41) is 13.1. The van der Waals surface area contributed by atoms with Crippen molar-refractivity contribution in [1.82, 2.24) is 10.2 Å². The van der Waals surface area contributed by atoms with E-state index in [4.69, 9.17) is 0 Å². The molecule has 0 spiro atoms. The van der Waals surface area contributed by atoms with Gasteiger partial charge in [-0.25, -0.2) is 0 Å². The highest BCUT2D eigenvalue weighted by Gasteiger charge is 2.20. The second-order valence-corrected chi connectivity index (χ2v) is 6.40. The lowest BCUT2D eigenvalue weighted by Crippen LogP contribution is -2.40. The molecule has 0 amide bonds. The summed E-state index contributed by atoms with van der Waals surface area (Å²) < 4.78 is 0. The van der Waals surface area contributed by atoms with Crippen LogP contribution in [0.1, 0.15) is 45.4 Å². The van der Waals surface area contributed by atoms with Gasteiger partial charge in [0.05, 0.1) is 6.10 Å². The molecule has 2 N–H and O–H groups in total. The molecule has 1 heterocycles. The zero-order valence-electron chi connectivity index (χ0n) is 11.9. The minimum absolute atomic E-state index is 0.179. The van der Waals surface area contributed by atoms with Gasteiger partial charge in [0.15, 0.2) is 0 Å². The predicted octanol–water partition coefficient (Wildman–Crippen LogP) is 1.86. The van der Waals surface area contributed by atoms with E-state index >= 15 is 0 Å². The number of nitrogens with one attached hydrogen (secondary N) is 1. The third-order valence-electron chi connectivity index (χ3n) is 4.57. The standard InChI is InChI=1S/C15H30N2O/c1-13(18)12-17-8-6-15(7-9-17)11-16-10-14-4-2-3-5-14/h13-16,18H,2-12H2,1H3/t13-/m1/s1. The normalized spacial score (nSPS) is 25.7. The lowest BCUT2D eigenvalue weighted by atomic mass is 9.96. The lowest BCUT2D eigenvalue weighted by molar-refractivity contribution is 0.0997. The molecule has 2 fully saturated rings. The molecule has 0 aromatic rings. The molecule has 2 rings (SSSR count). The largest absolute Gasteiger partial charge is 0.392 e. The summed E-state index contributed by atoms with van der Waals surface area (Å²) in [6.07, 6.45) is 8.20. The van der Waals surface area contributed by atoms with Gasteiger partial charge in [0, 0.05) is 6.54 Å². The molecule has 1 saturated heterocycles. The first-order chi connectivity index (χ1) is 8.74. The van der Waals surface area contributed by atoms with Gasteiger partial charge in [0.1, 0.15) is 0 Å². The summed E-state index contributed by atoms with van der Waals surface area (Å²) in [4.78, 5) is 2.40. The summed E-state index contributed by atoms with van der Waals surface area (Å²) in [7, 11) is 0. The second kappa shape index (κ2) is 7.46. The van der Waals surface area contributed by atoms with Gasteiger partial charge < -0.3 is 15.3 Å². The number of piperidine rings is 1. The third kappa shape index (κ3) is 4.87. The van der Waals surface area contributed by atoms with E-state index in [1.165, 1.54) is 64.7 Å². The Labute approximate surface area is 112 Å². The Balaban J connectivity index is 1.53. The summed E-state index contributed by atoms with van der Waals surface area (Å²) in [6.45, 7) is 7.52. The average molecular weight is 254 g/mol. The van der Waals surface area contributed by atoms with Crippen LogP contribution in [0.3, 0.4) is 0 Å². The predicted molar refractivity (Wildman–Crippen MR) is 75.7 cm³/mol. The first kappa shape index (κ1) is 14.3. The van der Waals surface area contributed by atoms with E-state index in [9.17, 15) is 5.11 Å². The number of nitrogens with zero attached hydrogens (tertiary/aromatic N) is 1. The van der Waals surface area contributed by atoms with E-state index in [2.05, 4.69) is 10.2 Å². The van der Waals surface area contributed by atoms with E-state index in [1.807, 2.05) is 6.92 Å². The molecule has 0 aromatic heterocycles. The van der Waals surface area contributed by atoms with Crippen LogP contribution in [0.2, 0.25) is 0 Å². The number of hydrogen-bond acceptors (Lipinski definition) is 3. The highest BCUT2D eigenvalue weighted by Crippen LogP contribution is 2.24. The van der Waals surface area contributed by atoms with Crippen LogP contribution >= 0.6 is 0 Å². The van der Waals surface area contributed by atoms with Crippen molar-refractivity contribution >= 4 is 0 Å². The molecule has 0 aromatic carbocycles. The Morgan fingerprint density at radius 2 is 1.61 bits per heavy atom. The van der Waals surface area contributed by atoms with Gasteiger partial charge in [-0.3, -0.25) is 0 Å². The first-order valence-electron chi connectivity index (χ1n) is 7.85. The van der Waals surface area contributed by atoms with Gasteiger partial charge in [-0.15, -0.1) is 0 Å². The quantitative estimate of drug-likeness (QED) is 0.759. The third-order valence-corrected chi connectivity index (χ3v) is 4.57. The van der Waals surface area contributed by atoms with Gasteiger partial charge in [0.2, 0.25) is 0 Å². The fraction of sp³-hybridized carbons (Fsp3) is 1.00. The smallest absolute Gasteiger partial charge is 0.0639 e. The Hall–Kier alpha value is -0.120. The van der Waals surface area contributed by atoms with Gasteiger partial charge >= 0.3 is 0 Å². The van der Waals surface area contributed by atoms with Crippen molar-refractivity contribution in [3.05, 3.63) is 0 Å². The Morgan fingerprint density at radius 1 is 1.06 bits per heavy atom. The molecule has 0 radical (unpaired) electrons. The molecule has 1 saturated carbocycles. The van der Waals surface area contributed by atoms with Gasteiger partial charge in [-0.05, 0) is 70.6 Å². The Kier molecular flexibility index (Phi) is 5.93. The van der Waals surface area contributed by atoms with Crippen LogP contribution < -0.4 is 5.32 Å². The van der Waals surface area contributed by atoms with E-state index < -0.39 is 0 Å². The maximum absolute atomic E-state index is 9.38. The van der Waals surface area contributed by atoms with Crippen LogP contribution in [0, 0.1) is 11.8 Å². The van der Waals surface area contributed by atoms with Crippen molar-refractivity contribution in [2.45, 2.75) is 51.6 Å². The lowest BCUT2D eigenvalue weighted by Gasteiger charge is -2.32. The van der Waals surface area contributed by atoms with Crippen LogP contribution in [0.5, 0.6) is 0 Å².